The second kappa shape index (κ2) is 6.56. The van der Waals surface area contributed by atoms with Crippen LogP contribution in [0.3, 0.4) is 0 Å². The summed E-state index contributed by atoms with van der Waals surface area (Å²) in [6.45, 7) is 0.526. The van der Waals surface area contributed by atoms with Gasteiger partial charge in [0.25, 0.3) is 5.56 Å². The number of carbonyl (C=O) groups excluding carboxylic acids is 1. The number of nitrogens with one attached hydrogen (secondary N) is 1. The third kappa shape index (κ3) is 3.98. The molecule has 0 atom stereocenters. The average molecular weight is 271 g/mol. The maximum atomic E-state index is 11.8. The maximum absolute atomic E-state index is 11.8. The number of pyridine rings is 1. The van der Waals surface area contributed by atoms with Crippen molar-refractivity contribution >= 4 is 11.6 Å². The van der Waals surface area contributed by atoms with Gasteiger partial charge in [-0.25, -0.2) is 0 Å². The zero-order valence-electron chi connectivity index (χ0n) is 11.1. The molecule has 0 aliphatic rings. The third-order valence-electron chi connectivity index (χ3n) is 2.90. The number of nitrogen functional groups attached to an aromatic ring is 1. The number of anilines is 1. The molecule has 0 aliphatic carbocycles. The Labute approximate surface area is 117 Å². The number of benzene rings is 1. The molecule has 5 heteroatoms. The van der Waals surface area contributed by atoms with Crippen LogP contribution < -0.4 is 16.6 Å². The molecule has 0 unspecified atom stereocenters. The van der Waals surface area contributed by atoms with E-state index < -0.39 is 0 Å². The molecule has 104 valence electrons. The highest BCUT2D eigenvalue weighted by molar-refractivity contribution is 5.75. The second-order valence-electron chi connectivity index (χ2n) is 4.51. The Hall–Kier alpha value is -2.56. The Morgan fingerprint density at radius 1 is 1.15 bits per heavy atom. The van der Waals surface area contributed by atoms with Crippen LogP contribution in [0, 0.1) is 0 Å². The van der Waals surface area contributed by atoms with Crippen molar-refractivity contribution in [2.24, 2.45) is 0 Å². The lowest BCUT2D eigenvalue weighted by molar-refractivity contribution is -0.121. The van der Waals surface area contributed by atoms with Crippen LogP contribution in [0.4, 0.5) is 5.69 Å². The maximum Gasteiger partial charge on any atom is 0.251 e. The summed E-state index contributed by atoms with van der Waals surface area (Å²) < 4.78 is 1.30. The molecule has 0 saturated carbocycles. The number of nitrogens with two attached hydrogens (primary N) is 1. The normalized spacial score (nSPS) is 10.2. The molecule has 1 heterocycles. The molecule has 0 fully saturated rings. The summed E-state index contributed by atoms with van der Waals surface area (Å²) >= 11 is 0. The van der Waals surface area contributed by atoms with Crippen molar-refractivity contribution < 1.29 is 4.79 Å². The Bertz CT molecular complexity index is 635. The first-order valence-electron chi connectivity index (χ1n) is 6.42. The summed E-state index contributed by atoms with van der Waals surface area (Å²) in [6, 6.07) is 12.8. The highest BCUT2D eigenvalue weighted by Crippen LogP contribution is 1.98. The van der Waals surface area contributed by atoms with Gasteiger partial charge in [0, 0.05) is 24.5 Å². The fourth-order valence-corrected chi connectivity index (χ4v) is 1.87. The van der Waals surface area contributed by atoms with Crippen LogP contribution in [0.25, 0.3) is 0 Å². The standard InChI is InChI=1S/C15H17N3O2/c16-13-6-7-15(20)18(10-13)11-14(19)17-9-8-12-4-2-1-3-5-12/h1-7,10H,8-9,11,16H2,(H,17,19). The van der Waals surface area contributed by atoms with Gasteiger partial charge in [-0.1, -0.05) is 30.3 Å². The lowest BCUT2D eigenvalue weighted by atomic mass is 10.1. The molecule has 5 nitrogen and oxygen atoms in total. The Kier molecular flexibility index (Phi) is 4.55. The Balaban J connectivity index is 1.84. The van der Waals surface area contributed by atoms with Crippen LogP contribution in [0.2, 0.25) is 0 Å². The number of rotatable bonds is 5. The summed E-state index contributed by atoms with van der Waals surface area (Å²) in [6.07, 6.45) is 2.23. The first-order valence-corrected chi connectivity index (χ1v) is 6.42. The van der Waals surface area contributed by atoms with Crippen molar-refractivity contribution in [1.82, 2.24) is 9.88 Å². The molecule has 0 saturated heterocycles. The molecule has 1 aromatic heterocycles. The second-order valence-corrected chi connectivity index (χ2v) is 4.51. The number of hydrogen-bond donors (Lipinski definition) is 2. The molecule has 20 heavy (non-hydrogen) atoms. The molecular weight excluding hydrogens is 254 g/mol. The quantitative estimate of drug-likeness (QED) is 0.844. The molecule has 0 aliphatic heterocycles. The first-order chi connectivity index (χ1) is 9.65. The van der Waals surface area contributed by atoms with Crippen LogP contribution in [0.15, 0.2) is 53.5 Å². The molecule has 1 aromatic carbocycles. The van der Waals surface area contributed by atoms with Crippen molar-refractivity contribution in [3.8, 4) is 0 Å². The minimum absolute atomic E-state index is 0.0152. The number of aromatic nitrogens is 1. The topological polar surface area (TPSA) is 77.1 Å². The monoisotopic (exact) mass is 271 g/mol. The Morgan fingerprint density at radius 2 is 1.90 bits per heavy atom. The van der Waals surface area contributed by atoms with E-state index in [0.717, 1.165) is 12.0 Å². The molecule has 2 rings (SSSR count). The van der Waals surface area contributed by atoms with Gasteiger partial charge in [-0.3, -0.25) is 9.59 Å². The van der Waals surface area contributed by atoms with E-state index in [1.807, 2.05) is 30.3 Å². The Morgan fingerprint density at radius 3 is 2.65 bits per heavy atom. The number of carbonyl (C=O) groups is 1. The van der Waals surface area contributed by atoms with E-state index in [0.29, 0.717) is 12.2 Å². The minimum Gasteiger partial charge on any atom is -0.398 e. The number of hydrogen-bond acceptors (Lipinski definition) is 3. The highest BCUT2D eigenvalue weighted by Gasteiger charge is 2.04. The minimum atomic E-state index is -0.239. The first kappa shape index (κ1) is 13.9. The van der Waals surface area contributed by atoms with Gasteiger partial charge in [-0.15, -0.1) is 0 Å². The SMILES string of the molecule is Nc1ccc(=O)n(CC(=O)NCCc2ccccc2)c1. The zero-order valence-corrected chi connectivity index (χ0v) is 11.1. The van der Waals surface area contributed by atoms with Crippen molar-refractivity contribution in [1.29, 1.82) is 0 Å². The van der Waals surface area contributed by atoms with Crippen LogP contribution in [0.5, 0.6) is 0 Å². The fraction of sp³-hybridized carbons (Fsp3) is 0.200. The van der Waals surface area contributed by atoms with Gasteiger partial charge < -0.3 is 15.6 Å². The zero-order chi connectivity index (χ0) is 14.4. The van der Waals surface area contributed by atoms with E-state index in [2.05, 4.69) is 5.32 Å². The molecule has 2 aromatic rings. The highest BCUT2D eigenvalue weighted by atomic mass is 16.2. The average Bonchev–Trinajstić information content (AvgIpc) is 2.44. The molecule has 0 radical (unpaired) electrons. The van der Waals surface area contributed by atoms with Crippen molar-refractivity contribution in [2.75, 3.05) is 12.3 Å². The third-order valence-corrected chi connectivity index (χ3v) is 2.90. The van der Waals surface area contributed by atoms with Crippen LogP contribution in [0.1, 0.15) is 5.56 Å². The summed E-state index contributed by atoms with van der Waals surface area (Å²) in [5.74, 6) is -0.200. The van der Waals surface area contributed by atoms with Crippen LogP contribution in [-0.4, -0.2) is 17.0 Å². The smallest absolute Gasteiger partial charge is 0.251 e. The number of amides is 1. The summed E-state index contributed by atoms with van der Waals surface area (Å²) in [5.41, 5.74) is 6.97. The molecule has 1 amide bonds. The lowest BCUT2D eigenvalue weighted by Crippen LogP contribution is -2.33. The van der Waals surface area contributed by atoms with E-state index in [1.54, 1.807) is 0 Å². The van der Waals surface area contributed by atoms with E-state index in [4.69, 9.17) is 5.73 Å². The van der Waals surface area contributed by atoms with Gasteiger partial charge >= 0.3 is 0 Å². The lowest BCUT2D eigenvalue weighted by Gasteiger charge is -2.08. The number of nitrogens with zero attached hydrogens (tertiary/aromatic N) is 1. The van der Waals surface area contributed by atoms with Crippen molar-refractivity contribution in [3.63, 3.8) is 0 Å². The molecule has 0 bridgehead atoms. The van der Waals surface area contributed by atoms with Crippen molar-refractivity contribution in [3.05, 3.63) is 64.6 Å². The molecule has 0 spiro atoms. The van der Waals surface area contributed by atoms with Gasteiger partial charge in [-0.05, 0) is 18.1 Å². The summed E-state index contributed by atoms with van der Waals surface area (Å²) in [5, 5.41) is 2.79. The molecular formula is C15H17N3O2. The van der Waals surface area contributed by atoms with E-state index in [1.165, 1.54) is 22.9 Å². The van der Waals surface area contributed by atoms with Gasteiger partial charge in [0.2, 0.25) is 5.91 Å². The van der Waals surface area contributed by atoms with Crippen LogP contribution in [-0.2, 0) is 17.8 Å². The predicted molar refractivity (Wildman–Crippen MR) is 78.3 cm³/mol. The van der Waals surface area contributed by atoms with Crippen LogP contribution >= 0.6 is 0 Å². The predicted octanol–water partition coefficient (Wildman–Crippen LogP) is 0.789. The largest absolute Gasteiger partial charge is 0.398 e. The fourth-order valence-electron chi connectivity index (χ4n) is 1.87. The van der Waals surface area contributed by atoms with Gasteiger partial charge in [0.05, 0.1) is 0 Å². The van der Waals surface area contributed by atoms with Crippen molar-refractivity contribution in [2.45, 2.75) is 13.0 Å². The molecule has 3 N–H and O–H groups in total. The van der Waals surface area contributed by atoms with E-state index >= 15 is 0 Å². The summed E-state index contributed by atoms with van der Waals surface area (Å²) in [7, 11) is 0. The summed E-state index contributed by atoms with van der Waals surface area (Å²) in [4.78, 5) is 23.3. The van der Waals surface area contributed by atoms with Gasteiger partial charge in [-0.2, -0.15) is 0 Å². The van der Waals surface area contributed by atoms with Gasteiger partial charge in [0.1, 0.15) is 6.54 Å². The van der Waals surface area contributed by atoms with E-state index in [9.17, 15) is 9.59 Å². The van der Waals surface area contributed by atoms with E-state index in [-0.39, 0.29) is 18.0 Å². The van der Waals surface area contributed by atoms with Gasteiger partial charge in [0.15, 0.2) is 0 Å².